The van der Waals surface area contributed by atoms with Gasteiger partial charge in [-0.2, -0.15) is 0 Å². The van der Waals surface area contributed by atoms with Crippen molar-refractivity contribution in [1.29, 1.82) is 0 Å². The molecule has 0 fully saturated rings. The monoisotopic (exact) mass is 360 g/mol. The number of nitrogens with zero attached hydrogens (tertiary/aromatic N) is 4. The molecule has 0 saturated carbocycles. The number of hydrogen-bond acceptors (Lipinski definition) is 4. The van der Waals surface area contributed by atoms with Crippen molar-refractivity contribution in [2.24, 2.45) is 7.05 Å². The largest absolute Gasteiger partial charge is 0.490 e. The van der Waals surface area contributed by atoms with E-state index >= 15 is 0 Å². The smallest absolute Gasteiger partial charge is 0.208 e. The lowest BCUT2D eigenvalue weighted by Crippen LogP contribution is -2.38. The van der Waals surface area contributed by atoms with Crippen LogP contribution < -0.4 is 14.3 Å². The minimum Gasteiger partial charge on any atom is -0.490 e. The number of rotatable bonds is 7. The molecule has 132 valence electrons. The second-order valence-corrected chi connectivity index (χ2v) is 6.50. The van der Waals surface area contributed by atoms with Gasteiger partial charge >= 0.3 is 0 Å². The summed E-state index contributed by atoms with van der Waals surface area (Å²) in [5.41, 5.74) is 0.827. The zero-order valence-electron chi connectivity index (χ0n) is 14.7. The van der Waals surface area contributed by atoms with Gasteiger partial charge in [-0.25, -0.2) is 9.97 Å². The number of benzene rings is 1. The highest BCUT2D eigenvalue weighted by Gasteiger charge is 2.21. The van der Waals surface area contributed by atoms with Crippen LogP contribution in [0.3, 0.4) is 0 Å². The Hall–Kier alpha value is -2.34. The van der Waals surface area contributed by atoms with Gasteiger partial charge < -0.3 is 9.64 Å². The highest BCUT2D eigenvalue weighted by molar-refractivity contribution is 6.32. The van der Waals surface area contributed by atoms with Crippen LogP contribution in [0.4, 0.5) is 5.82 Å². The number of para-hydroxylation sites is 1. The molecule has 2 aromatic heterocycles. The Morgan fingerprint density at radius 1 is 1.32 bits per heavy atom. The molecule has 0 aliphatic heterocycles. The molecule has 1 N–H and O–H groups in total. The van der Waals surface area contributed by atoms with Crippen molar-refractivity contribution >= 4 is 28.5 Å². The van der Waals surface area contributed by atoms with Gasteiger partial charge in [-0.3, -0.25) is 0 Å². The van der Waals surface area contributed by atoms with Crippen molar-refractivity contribution in [3.8, 4) is 5.75 Å². The molecule has 0 radical (unpaired) electrons. The average molecular weight is 361 g/mol. The molecule has 0 amide bonds. The first-order chi connectivity index (χ1) is 12.1. The molecular formula is C18H23ClN5O+. The van der Waals surface area contributed by atoms with Gasteiger partial charge in [0.15, 0.2) is 7.05 Å². The Kier molecular flexibility index (Phi) is 5.38. The number of aromatic nitrogens is 4. The highest BCUT2D eigenvalue weighted by Crippen LogP contribution is 2.26. The summed E-state index contributed by atoms with van der Waals surface area (Å²) in [6, 6.07) is 7.66. The van der Waals surface area contributed by atoms with E-state index < -0.39 is 0 Å². The molecule has 1 atom stereocenters. The normalized spacial score (nSPS) is 12.3. The number of halogens is 1. The number of H-pyrrole nitrogens is 1. The summed E-state index contributed by atoms with van der Waals surface area (Å²) in [7, 11) is 1.94. The molecule has 0 aliphatic carbocycles. The molecule has 25 heavy (non-hydrogen) atoms. The standard InChI is InChI=1S/C18H22ClN5O/c1-4-9-24(13(2)11-25-16-8-6-5-7-15(16)19)18-14-10-23(3)22-17(14)20-12-21-18/h5-8,10,12-13H,4,9,11H2,1-3H3/p+1. The summed E-state index contributed by atoms with van der Waals surface area (Å²) in [6.07, 6.45) is 4.62. The average Bonchev–Trinajstić information content (AvgIpc) is 2.99. The van der Waals surface area contributed by atoms with Crippen molar-refractivity contribution in [3.05, 3.63) is 41.8 Å². The lowest BCUT2D eigenvalue weighted by atomic mass is 10.2. The maximum atomic E-state index is 6.18. The van der Waals surface area contributed by atoms with Crippen LogP contribution >= 0.6 is 11.6 Å². The fourth-order valence-electron chi connectivity index (χ4n) is 2.85. The predicted molar refractivity (Wildman–Crippen MR) is 99.1 cm³/mol. The van der Waals surface area contributed by atoms with Gasteiger partial charge in [0.1, 0.15) is 29.9 Å². The first kappa shape index (κ1) is 17.5. The molecule has 3 aromatic rings. The first-order valence-electron chi connectivity index (χ1n) is 8.43. The number of anilines is 1. The molecule has 3 rings (SSSR count). The van der Waals surface area contributed by atoms with E-state index in [2.05, 4.69) is 33.8 Å². The van der Waals surface area contributed by atoms with E-state index in [-0.39, 0.29) is 6.04 Å². The lowest BCUT2D eigenvalue weighted by molar-refractivity contribution is -0.724. The molecule has 0 spiro atoms. The maximum absolute atomic E-state index is 6.18. The van der Waals surface area contributed by atoms with Gasteiger partial charge in [0.25, 0.3) is 0 Å². The maximum Gasteiger partial charge on any atom is 0.208 e. The zero-order valence-corrected chi connectivity index (χ0v) is 15.5. The van der Waals surface area contributed by atoms with Crippen LogP contribution in [0.5, 0.6) is 5.75 Å². The van der Waals surface area contributed by atoms with Crippen LogP contribution in [0.15, 0.2) is 36.8 Å². The van der Waals surface area contributed by atoms with Crippen molar-refractivity contribution in [3.63, 3.8) is 0 Å². The molecule has 1 aromatic carbocycles. The van der Waals surface area contributed by atoms with Crippen LogP contribution in [0.2, 0.25) is 5.02 Å². The Balaban J connectivity index is 1.83. The third-order valence-corrected chi connectivity index (χ3v) is 4.37. The van der Waals surface area contributed by atoms with Crippen molar-refractivity contribution in [2.75, 3.05) is 18.1 Å². The third kappa shape index (κ3) is 3.85. The Labute approximate surface area is 152 Å². The quantitative estimate of drug-likeness (QED) is 0.658. The van der Waals surface area contributed by atoms with E-state index in [1.807, 2.05) is 42.2 Å². The second kappa shape index (κ2) is 7.70. The number of ether oxygens (including phenoxy) is 1. The van der Waals surface area contributed by atoms with Crippen molar-refractivity contribution in [1.82, 2.24) is 15.1 Å². The molecule has 1 unspecified atom stereocenters. The Morgan fingerprint density at radius 2 is 2.12 bits per heavy atom. The van der Waals surface area contributed by atoms with Crippen LogP contribution in [0, 0.1) is 0 Å². The van der Waals surface area contributed by atoms with Gasteiger partial charge in [-0.05, 0) is 25.5 Å². The minimum atomic E-state index is 0.134. The lowest BCUT2D eigenvalue weighted by Gasteiger charge is -2.30. The van der Waals surface area contributed by atoms with Crippen LogP contribution in [0.1, 0.15) is 20.3 Å². The Bertz CT molecular complexity index is 850. The molecule has 0 aliphatic rings. The van der Waals surface area contributed by atoms with E-state index in [1.165, 1.54) is 0 Å². The van der Waals surface area contributed by atoms with Gasteiger partial charge in [0.2, 0.25) is 11.8 Å². The SMILES string of the molecule is CCCN(c1ncnc2[nH][n+](C)cc12)C(C)COc1ccccc1Cl. The summed E-state index contributed by atoms with van der Waals surface area (Å²) < 4.78 is 7.82. The van der Waals surface area contributed by atoms with Gasteiger partial charge in [-0.1, -0.05) is 30.7 Å². The summed E-state index contributed by atoms with van der Waals surface area (Å²) in [5.74, 6) is 1.62. The summed E-state index contributed by atoms with van der Waals surface area (Å²) in [5, 5.41) is 4.82. The van der Waals surface area contributed by atoms with Crippen LogP contribution in [-0.4, -0.2) is 34.3 Å². The number of fused-ring (bicyclic) bond motifs is 1. The van der Waals surface area contributed by atoms with Crippen LogP contribution in [0.25, 0.3) is 11.0 Å². The topological polar surface area (TPSA) is 57.9 Å². The molecule has 0 saturated heterocycles. The van der Waals surface area contributed by atoms with E-state index in [4.69, 9.17) is 16.3 Å². The third-order valence-electron chi connectivity index (χ3n) is 4.05. The summed E-state index contributed by atoms with van der Waals surface area (Å²) in [4.78, 5) is 11.1. The van der Waals surface area contributed by atoms with E-state index in [0.29, 0.717) is 17.4 Å². The Morgan fingerprint density at radius 3 is 2.88 bits per heavy atom. The first-order valence-corrected chi connectivity index (χ1v) is 8.81. The molecular weight excluding hydrogens is 338 g/mol. The van der Waals surface area contributed by atoms with E-state index in [9.17, 15) is 0 Å². The van der Waals surface area contributed by atoms with Crippen LogP contribution in [-0.2, 0) is 7.05 Å². The minimum absolute atomic E-state index is 0.134. The molecule has 0 bridgehead atoms. The molecule has 2 heterocycles. The van der Waals surface area contributed by atoms with Gasteiger partial charge in [0, 0.05) is 6.54 Å². The zero-order chi connectivity index (χ0) is 17.8. The molecule has 7 heteroatoms. The fourth-order valence-corrected chi connectivity index (χ4v) is 3.04. The number of aryl methyl sites for hydroxylation is 1. The predicted octanol–water partition coefficient (Wildman–Crippen LogP) is 3.12. The van der Waals surface area contributed by atoms with E-state index in [1.54, 1.807) is 6.33 Å². The number of aromatic amines is 1. The fraction of sp³-hybridized carbons (Fsp3) is 0.389. The highest BCUT2D eigenvalue weighted by atomic mass is 35.5. The van der Waals surface area contributed by atoms with Crippen molar-refractivity contribution in [2.45, 2.75) is 26.3 Å². The number of hydrogen-bond donors (Lipinski definition) is 1. The molecule has 6 nitrogen and oxygen atoms in total. The summed E-state index contributed by atoms with van der Waals surface area (Å²) >= 11 is 6.18. The van der Waals surface area contributed by atoms with Gasteiger partial charge in [0.05, 0.1) is 11.1 Å². The second-order valence-electron chi connectivity index (χ2n) is 6.10. The van der Waals surface area contributed by atoms with Gasteiger partial charge in [-0.15, -0.1) is 9.78 Å². The van der Waals surface area contributed by atoms with Crippen molar-refractivity contribution < 1.29 is 9.42 Å². The number of nitrogens with one attached hydrogen (secondary N) is 1. The summed E-state index contributed by atoms with van der Waals surface area (Å²) in [6.45, 7) is 5.69. The van der Waals surface area contributed by atoms with E-state index in [0.717, 1.165) is 29.8 Å².